The minimum atomic E-state index is -4.51. The number of methoxy groups -OCH3 is 3. The highest BCUT2D eigenvalue weighted by Gasteiger charge is 2.31. The Kier molecular flexibility index (Phi) is 8.23. The molecule has 0 amide bonds. The second-order valence-corrected chi connectivity index (χ2v) is 8.04. The van der Waals surface area contributed by atoms with Crippen molar-refractivity contribution in [1.82, 2.24) is 9.97 Å². The van der Waals surface area contributed by atoms with Gasteiger partial charge in [0.05, 0.1) is 37.4 Å². The average molecular weight is 495 g/mol. The van der Waals surface area contributed by atoms with Crippen molar-refractivity contribution < 1.29 is 32.1 Å². The molecule has 0 radical (unpaired) electrons. The summed E-state index contributed by atoms with van der Waals surface area (Å²) in [5.74, 6) is 1.78. The van der Waals surface area contributed by atoms with E-state index >= 15 is 0 Å². The summed E-state index contributed by atoms with van der Waals surface area (Å²) in [7, 11) is 4.64. The van der Waals surface area contributed by atoms with E-state index in [9.17, 15) is 13.2 Å². The molecule has 0 fully saturated rings. The largest absolute Gasteiger partial charge is 0.493 e. The van der Waals surface area contributed by atoms with Gasteiger partial charge in [-0.25, -0.2) is 9.97 Å². The quantitative estimate of drug-likeness (QED) is 0.389. The van der Waals surface area contributed by atoms with Crippen molar-refractivity contribution in [1.29, 1.82) is 0 Å². The molecular weight excluding hydrogens is 465 g/mol. The van der Waals surface area contributed by atoms with Gasteiger partial charge >= 0.3 is 6.18 Å². The van der Waals surface area contributed by atoms with Crippen LogP contribution in [0.1, 0.15) is 29.9 Å². The molecular formula is C24H29F3N4O4. The number of nitrogen functional groups attached to an aromatic ring is 1. The van der Waals surface area contributed by atoms with Crippen LogP contribution in [0.5, 0.6) is 11.5 Å². The normalized spacial score (nSPS) is 12.7. The average Bonchev–Trinajstić information content (AvgIpc) is 2.78. The Bertz CT molecular complexity index is 1170. The van der Waals surface area contributed by atoms with Crippen LogP contribution in [0, 0.1) is 6.92 Å². The first-order valence-corrected chi connectivity index (χ1v) is 10.8. The van der Waals surface area contributed by atoms with E-state index in [0.717, 1.165) is 12.1 Å². The van der Waals surface area contributed by atoms with E-state index in [1.54, 1.807) is 40.2 Å². The molecule has 0 saturated carbocycles. The number of nitrogens with one attached hydrogen (secondary N) is 1. The Morgan fingerprint density at radius 2 is 1.66 bits per heavy atom. The molecule has 1 atom stereocenters. The van der Waals surface area contributed by atoms with Crippen LogP contribution in [0.25, 0.3) is 10.9 Å². The van der Waals surface area contributed by atoms with E-state index in [4.69, 9.17) is 24.7 Å². The molecule has 0 saturated heterocycles. The number of hydrogen-bond donors (Lipinski definition) is 2. The maximum atomic E-state index is 13.3. The first kappa shape index (κ1) is 26.3. The van der Waals surface area contributed by atoms with E-state index in [1.165, 1.54) is 13.2 Å². The third-order valence-corrected chi connectivity index (χ3v) is 5.25. The summed E-state index contributed by atoms with van der Waals surface area (Å²) in [6.45, 7) is 4.03. The number of nitrogens with two attached hydrogens (primary N) is 1. The van der Waals surface area contributed by atoms with Gasteiger partial charge in [-0.3, -0.25) is 0 Å². The lowest BCUT2D eigenvalue weighted by Gasteiger charge is -2.21. The summed E-state index contributed by atoms with van der Waals surface area (Å²) < 4.78 is 61.8. The van der Waals surface area contributed by atoms with Gasteiger partial charge in [-0.05, 0) is 43.7 Å². The lowest BCUT2D eigenvalue weighted by atomic mass is 10.0. The van der Waals surface area contributed by atoms with Crippen LogP contribution >= 0.6 is 0 Å². The van der Waals surface area contributed by atoms with E-state index in [2.05, 4.69) is 15.3 Å². The van der Waals surface area contributed by atoms with Crippen LogP contribution in [-0.2, 0) is 15.7 Å². The van der Waals surface area contributed by atoms with Gasteiger partial charge in [0.15, 0.2) is 11.5 Å². The predicted octanol–water partition coefficient (Wildman–Crippen LogP) is 4.76. The van der Waals surface area contributed by atoms with Crippen molar-refractivity contribution >= 4 is 22.4 Å². The number of anilines is 2. The number of ether oxygens (including phenoxy) is 4. The standard InChI is InChI=1S/C24H29F3N4O4/c1-13(15-6-16(24(25,26)27)8-17(28)7-15)29-23-19-9-22(35-18(11-32-3)12-33-4)21(34-5)10-20(19)30-14(2)31-23/h6-10,13,18H,11-12,28H2,1-5H3,(H,29,30,31)/t13-/m1/s1. The molecule has 0 aliphatic carbocycles. The van der Waals surface area contributed by atoms with Crippen molar-refractivity contribution in [3.05, 3.63) is 47.3 Å². The zero-order valence-electron chi connectivity index (χ0n) is 20.2. The van der Waals surface area contributed by atoms with Crippen molar-refractivity contribution in [2.24, 2.45) is 0 Å². The molecule has 0 aliphatic heterocycles. The number of nitrogens with zero attached hydrogens (tertiary/aromatic N) is 2. The minimum Gasteiger partial charge on any atom is -0.493 e. The molecule has 8 nitrogen and oxygen atoms in total. The highest BCUT2D eigenvalue weighted by atomic mass is 19.4. The summed E-state index contributed by atoms with van der Waals surface area (Å²) in [5, 5.41) is 3.80. The number of hydrogen-bond acceptors (Lipinski definition) is 8. The third kappa shape index (κ3) is 6.43. The predicted molar refractivity (Wildman–Crippen MR) is 127 cm³/mol. The van der Waals surface area contributed by atoms with Crippen molar-refractivity contribution in [2.45, 2.75) is 32.2 Å². The van der Waals surface area contributed by atoms with Gasteiger partial charge in [-0.1, -0.05) is 0 Å². The lowest BCUT2D eigenvalue weighted by molar-refractivity contribution is -0.137. The maximum Gasteiger partial charge on any atom is 0.416 e. The molecule has 3 N–H and O–H groups in total. The Hall–Kier alpha value is -3.31. The van der Waals surface area contributed by atoms with E-state index in [1.807, 2.05) is 0 Å². The van der Waals surface area contributed by atoms with Crippen molar-refractivity contribution in [3.63, 3.8) is 0 Å². The van der Waals surface area contributed by atoms with Gasteiger partial charge in [0.1, 0.15) is 17.7 Å². The van der Waals surface area contributed by atoms with Crippen LogP contribution in [0.15, 0.2) is 30.3 Å². The Morgan fingerprint density at radius 3 is 2.26 bits per heavy atom. The number of aromatic nitrogens is 2. The second kappa shape index (κ2) is 11.0. The highest BCUT2D eigenvalue weighted by molar-refractivity contribution is 5.92. The number of benzene rings is 2. The Labute approximate surface area is 201 Å². The van der Waals surface area contributed by atoms with Crippen molar-refractivity contribution in [3.8, 4) is 11.5 Å². The highest BCUT2D eigenvalue weighted by Crippen LogP contribution is 2.37. The third-order valence-electron chi connectivity index (χ3n) is 5.25. The molecule has 1 heterocycles. The smallest absolute Gasteiger partial charge is 0.416 e. The molecule has 2 aromatic carbocycles. The van der Waals surface area contributed by atoms with Crippen LogP contribution in [-0.4, -0.2) is 50.6 Å². The van der Waals surface area contributed by atoms with Gasteiger partial charge in [-0.2, -0.15) is 13.2 Å². The molecule has 190 valence electrons. The summed E-state index contributed by atoms with van der Waals surface area (Å²) in [6, 6.07) is 6.38. The zero-order chi connectivity index (χ0) is 25.8. The summed E-state index contributed by atoms with van der Waals surface area (Å²) >= 11 is 0. The summed E-state index contributed by atoms with van der Waals surface area (Å²) in [6.07, 6.45) is -4.91. The Balaban J connectivity index is 2.03. The molecule has 3 aromatic rings. The summed E-state index contributed by atoms with van der Waals surface area (Å²) in [5.41, 5.74) is 5.90. The topological polar surface area (TPSA) is 101 Å². The zero-order valence-corrected chi connectivity index (χ0v) is 20.2. The van der Waals surface area contributed by atoms with Gasteiger partial charge in [0.2, 0.25) is 0 Å². The fourth-order valence-electron chi connectivity index (χ4n) is 3.66. The van der Waals surface area contributed by atoms with Crippen LogP contribution in [0.3, 0.4) is 0 Å². The van der Waals surface area contributed by atoms with Crippen molar-refractivity contribution in [2.75, 3.05) is 45.6 Å². The molecule has 0 spiro atoms. The molecule has 0 unspecified atom stereocenters. The first-order valence-electron chi connectivity index (χ1n) is 10.8. The molecule has 0 bridgehead atoms. The van der Waals surface area contributed by atoms with E-state index in [-0.39, 0.29) is 5.69 Å². The SMILES string of the molecule is COCC(COC)Oc1cc2c(N[C@H](C)c3cc(N)cc(C(F)(F)F)c3)nc(C)nc2cc1OC. The van der Waals surface area contributed by atoms with Gasteiger partial charge in [0, 0.05) is 31.4 Å². The van der Waals surface area contributed by atoms with Gasteiger partial charge in [-0.15, -0.1) is 0 Å². The maximum absolute atomic E-state index is 13.3. The Morgan fingerprint density at radius 1 is 0.971 bits per heavy atom. The molecule has 3 rings (SSSR count). The first-order chi connectivity index (χ1) is 16.5. The van der Waals surface area contributed by atoms with E-state index in [0.29, 0.717) is 52.8 Å². The molecule has 11 heteroatoms. The van der Waals surface area contributed by atoms with Crippen LogP contribution in [0.2, 0.25) is 0 Å². The number of alkyl halides is 3. The minimum absolute atomic E-state index is 0.0231. The molecule has 1 aromatic heterocycles. The number of rotatable bonds is 10. The monoisotopic (exact) mass is 494 g/mol. The van der Waals surface area contributed by atoms with E-state index < -0.39 is 23.9 Å². The number of aryl methyl sites for hydroxylation is 1. The molecule has 35 heavy (non-hydrogen) atoms. The fourth-order valence-corrected chi connectivity index (χ4v) is 3.66. The number of fused-ring (bicyclic) bond motifs is 1. The van der Waals surface area contributed by atoms with Crippen LogP contribution in [0.4, 0.5) is 24.7 Å². The molecule has 0 aliphatic rings. The van der Waals surface area contributed by atoms with Gasteiger partial charge in [0.25, 0.3) is 0 Å². The van der Waals surface area contributed by atoms with Gasteiger partial charge < -0.3 is 30.0 Å². The lowest BCUT2D eigenvalue weighted by Crippen LogP contribution is -2.27. The van der Waals surface area contributed by atoms with Crippen LogP contribution < -0.4 is 20.5 Å². The summed E-state index contributed by atoms with van der Waals surface area (Å²) in [4.78, 5) is 8.96. The fraction of sp³-hybridized carbons (Fsp3) is 0.417. The number of halogens is 3. The second-order valence-electron chi connectivity index (χ2n) is 8.04.